The fourth-order valence-corrected chi connectivity index (χ4v) is 2.73. The highest BCUT2D eigenvalue weighted by Gasteiger charge is 2.32. The summed E-state index contributed by atoms with van der Waals surface area (Å²) in [4.78, 5) is 23.3. The maximum atomic E-state index is 12.1. The van der Waals surface area contributed by atoms with Crippen molar-refractivity contribution in [1.82, 2.24) is 5.32 Å². The predicted octanol–water partition coefficient (Wildman–Crippen LogP) is 2.48. The molecule has 4 heteroatoms. The number of carbonyl (C=O) groups is 2. The summed E-state index contributed by atoms with van der Waals surface area (Å²) in [6.07, 6.45) is 5.23. The minimum atomic E-state index is -1.19. The molecule has 1 aromatic rings. The monoisotopic (exact) mass is 289 g/mol. The van der Waals surface area contributed by atoms with Crippen molar-refractivity contribution in [2.45, 2.75) is 57.9 Å². The topological polar surface area (TPSA) is 66.4 Å². The largest absolute Gasteiger partial charge is 0.480 e. The number of rotatable bonds is 5. The van der Waals surface area contributed by atoms with Crippen LogP contribution >= 0.6 is 0 Å². The Balaban J connectivity index is 2.04. The number of aryl methyl sites for hydroxylation is 2. The van der Waals surface area contributed by atoms with Crippen molar-refractivity contribution in [3.63, 3.8) is 0 Å². The number of nitrogens with one attached hydrogen (secondary N) is 1. The molecule has 1 atom stereocenters. The molecule has 0 heterocycles. The Morgan fingerprint density at radius 2 is 1.90 bits per heavy atom. The molecule has 1 aromatic carbocycles. The van der Waals surface area contributed by atoms with Gasteiger partial charge in [-0.05, 0) is 55.7 Å². The second-order valence-corrected chi connectivity index (χ2v) is 6.03. The third kappa shape index (κ3) is 3.63. The van der Waals surface area contributed by atoms with E-state index in [9.17, 15) is 14.7 Å². The van der Waals surface area contributed by atoms with E-state index in [2.05, 4.69) is 17.4 Å². The van der Waals surface area contributed by atoms with Gasteiger partial charge in [0.05, 0.1) is 6.42 Å². The van der Waals surface area contributed by atoms with Gasteiger partial charge in [-0.25, -0.2) is 4.79 Å². The average Bonchev–Trinajstić information content (AvgIpc) is 2.46. The van der Waals surface area contributed by atoms with E-state index in [-0.39, 0.29) is 12.3 Å². The van der Waals surface area contributed by atoms with E-state index >= 15 is 0 Å². The van der Waals surface area contributed by atoms with Crippen LogP contribution in [0.1, 0.15) is 49.8 Å². The Hall–Kier alpha value is -1.84. The number of aliphatic carboxylic acids is 1. The molecule has 0 saturated heterocycles. The van der Waals surface area contributed by atoms with E-state index in [4.69, 9.17) is 0 Å². The first kappa shape index (κ1) is 15.5. The second-order valence-electron chi connectivity index (χ2n) is 6.03. The predicted molar refractivity (Wildman–Crippen MR) is 81.3 cm³/mol. The number of carboxylic acid groups (broad SMARTS) is 1. The molecule has 2 rings (SSSR count). The summed E-state index contributed by atoms with van der Waals surface area (Å²) in [6.45, 7) is 3.30. The Morgan fingerprint density at radius 1 is 1.24 bits per heavy atom. The number of carboxylic acids is 1. The number of fused-ring (bicyclic) bond motifs is 1. The Labute approximate surface area is 125 Å². The number of hydrogen-bond donors (Lipinski definition) is 2. The zero-order valence-corrected chi connectivity index (χ0v) is 12.7. The van der Waals surface area contributed by atoms with Gasteiger partial charge < -0.3 is 10.4 Å². The SMILES string of the molecule is CCC(C)(NC(=O)Cc1ccc2c(c1)CCCC2)C(=O)O. The van der Waals surface area contributed by atoms with E-state index in [0.717, 1.165) is 18.4 Å². The lowest BCUT2D eigenvalue weighted by molar-refractivity contribution is -0.146. The highest BCUT2D eigenvalue weighted by Crippen LogP contribution is 2.22. The molecule has 0 spiro atoms. The van der Waals surface area contributed by atoms with Crippen molar-refractivity contribution >= 4 is 11.9 Å². The maximum absolute atomic E-state index is 12.1. The molecule has 1 aliphatic carbocycles. The first-order valence-corrected chi connectivity index (χ1v) is 7.59. The minimum Gasteiger partial charge on any atom is -0.480 e. The van der Waals surface area contributed by atoms with Crippen molar-refractivity contribution in [2.75, 3.05) is 0 Å². The zero-order valence-electron chi connectivity index (χ0n) is 12.7. The van der Waals surface area contributed by atoms with Gasteiger partial charge in [-0.2, -0.15) is 0 Å². The van der Waals surface area contributed by atoms with E-state index < -0.39 is 11.5 Å². The molecular formula is C17H23NO3. The smallest absolute Gasteiger partial charge is 0.329 e. The minimum absolute atomic E-state index is 0.232. The Morgan fingerprint density at radius 3 is 2.52 bits per heavy atom. The number of carbonyl (C=O) groups excluding carboxylic acids is 1. The lowest BCUT2D eigenvalue weighted by Crippen LogP contribution is -2.52. The molecule has 0 aliphatic heterocycles. The Bertz CT molecular complexity index is 553. The van der Waals surface area contributed by atoms with Crippen LogP contribution in [0.15, 0.2) is 18.2 Å². The highest BCUT2D eigenvalue weighted by molar-refractivity contribution is 5.87. The molecule has 0 saturated carbocycles. The third-order valence-electron chi connectivity index (χ3n) is 4.37. The van der Waals surface area contributed by atoms with Gasteiger partial charge in [0.15, 0.2) is 0 Å². The summed E-state index contributed by atoms with van der Waals surface area (Å²) in [5.41, 5.74) is 2.49. The molecule has 1 aliphatic rings. The molecule has 0 radical (unpaired) electrons. The lowest BCUT2D eigenvalue weighted by atomic mass is 9.90. The van der Waals surface area contributed by atoms with Crippen molar-refractivity contribution in [2.24, 2.45) is 0 Å². The summed E-state index contributed by atoms with van der Waals surface area (Å²) in [7, 11) is 0. The Kier molecular flexibility index (Phi) is 4.66. The van der Waals surface area contributed by atoms with Crippen molar-refractivity contribution < 1.29 is 14.7 Å². The van der Waals surface area contributed by atoms with Crippen LogP contribution in [0.25, 0.3) is 0 Å². The first-order chi connectivity index (χ1) is 9.94. The zero-order chi connectivity index (χ0) is 15.5. The van der Waals surface area contributed by atoms with Gasteiger partial charge in [-0.15, -0.1) is 0 Å². The second kappa shape index (κ2) is 6.29. The molecule has 4 nitrogen and oxygen atoms in total. The van der Waals surface area contributed by atoms with Gasteiger partial charge >= 0.3 is 5.97 Å². The molecule has 1 unspecified atom stereocenters. The van der Waals surface area contributed by atoms with Crippen LogP contribution in [0.2, 0.25) is 0 Å². The molecule has 0 aromatic heterocycles. The van der Waals surface area contributed by atoms with Gasteiger partial charge in [0, 0.05) is 0 Å². The van der Waals surface area contributed by atoms with Gasteiger partial charge in [-0.1, -0.05) is 25.1 Å². The van der Waals surface area contributed by atoms with Crippen LogP contribution < -0.4 is 5.32 Å². The van der Waals surface area contributed by atoms with E-state index in [0.29, 0.717) is 6.42 Å². The van der Waals surface area contributed by atoms with E-state index in [1.54, 1.807) is 13.8 Å². The van der Waals surface area contributed by atoms with Crippen LogP contribution in [-0.2, 0) is 28.9 Å². The van der Waals surface area contributed by atoms with Gasteiger partial charge in [0.1, 0.15) is 5.54 Å². The normalized spacial score (nSPS) is 16.7. The van der Waals surface area contributed by atoms with Gasteiger partial charge in [0.25, 0.3) is 0 Å². The van der Waals surface area contributed by atoms with Gasteiger partial charge in [-0.3, -0.25) is 4.79 Å². The molecule has 1 amide bonds. The molecule has 0 fully saturated rings. The average molecular weight is 289 g/mol. The van der Waals surface area contributed by atoms with Crippen molar-refractivity contribution in [1.29, 1.82) is 0 Å². The molecule has 21 heavy (non-hydrogen) atoms. The fraction of sp³-hybridized carbons (Fsp3) is 0.529. The molecular weight excluding hydrogens is 266 g/mol. The maximum Gasteiger partial charge on any atom is 0.329 e. The number of benzene rings is 1. The van der Waals surface area contributed by atoms with E-state index in [1.807, 2.05) is 6.07 Å². The molecule has 2 N–H and O–H groups in total. The van der Waals surface area contributed by atoms with Crippen LogP contribution in [0.5, 0.6) is 0 Å². The summed E-state index contributed by atoms with van der Waals surface area (Å²) in [5, 5.41) is 11.8. The lowest BCUT2D eigenvalue weighted by Gasteiger charge is -2.24. The summed E-state index contributed by atoms with van der Waals surface area (Å²) in [5.74, 6) is -1.23. The standard InChI is InChI=1S/C17H23NO3/c1-3-17(2,16(20)21)18-15(19)11-12-8-9-13-6-4-5-7-14(13)10-12/h8-10H,3-7,11H2,1-2H3,(H,18,19)(H,20,21). The molecule has 114 valence electrons. The summed E-state index contributed by atoms with van der Waals surface area (Å²) < 4.78 is 0. The van der Waals surface area contributed by atoms with Gasteiger partial charge in [0.2, 0.25) is 5.91 Å². The third-order valence-corrected chi connectivity index (χ3v) is 4.37. The van der Waals surface area contributed by atoms with Crippen LogP contribution in [0, 0.1) is 0 Å². The quantitative estimate of drug-likeness (QED) is 0.875. The van der Waals surface area contributed by atoms with Crippen molar-refractivity contribution in [3.8, 4) is 0 Å². The van der Waals surface area contributed by atoms with E-state index in [1.165, 1.54) is 24.0 Å². The number of amides is 1. The van der Waals surface area contributed by atoms with Crippen molar-refractivity contribution in [3.05, 3.63) is 34.9 Å². The van der Waals surface area contributed by atoms with Crippen LogP contribution in [0.3, 0.4) is 0 Å². The summed E-state index contributed by atoms with van der Waals surface area (Å²) in [6, 6.07) is 6.18. The fourth-order valence-electron chi connectivity index (χ4n) is 2.73. The highest BCUT2D eigenvalue weighted by atomic mass is 16.4. The number of hydrogen-bond acceptors (Lipinski definition) is 2. The first-order valence-electron chi connectivity index (χ1n) is 7.59. The van der Waals surface area contributed by atoms with Crippen LogP contribution in [0.4, 0.5) is 0 Å². The molecule has 0 bridgehead atoms. The summed E-state index contributed by atoms with van der Waals surface area (Å²) >= 11 is 0. The van der Waals surface area contributed by atoms with Crippen LogP contribution in [-0.4, -0.2) is 22.5 Å².